The summed E-state index contributed by atoms with van der Waals surface area (Å²) in [6, 6.07) is 0. The molecule has 6 heteroatoms. The second kappa shape index (κ2) is 7.61. The van der Waals surface area contributed by atoms with Crippen molar-refractivity contribution in [2.24, 2.45) is 11.8 Å². The molecule has 0 bridgehead atoms. The zero-order valence-corrected chi connectivity index (χ0v) is 12.3. The van der Waals surface area contributed by atoms with Gasteiger partial charge in [-0.05, 0) is 25.7 Å². The van der Waals surface area contributed by atoms with Crippen molar-refractivity contribution in [1.29, 1.82) is 0 Å². The average molecular weight is 296 g/mol. The SMILES string of the molecule is C=C(C)C(=O)OCCOC(=O)C1CCC(C)C=C1C(=O)O. The Kier molecular flexibility index (Phi) is 6.14. The van der Waals surface area contributed by atoms with E-state index in [-0.39, 0.29) is 30.3 Å². The van der Waals surface area contributed by atoms with E-state index in [0.29, 0.717) is 6.42 Å². The summed E-state index contributed by atoms with van der Waals surface area (Å²) < 4.78 is 9.76. The number of ether oxygens (including phenoxy) is 2. The van der Waals surface area contributed by atoms with Crippen molar-refractivity contribution in [2.75, 3.05) is 13.2 Å². The summed E-state index contributed by atoms with van der Waals surface area (Å²) in [7, 11) is 0. The van der Waals surface area contributed by atoms with Crippen LogP contribution in [0, 0.1) is 11.8 Å². The van der Waals surface area contributed by atoms with E-state index >= 15 is 0 Å². The lowest BCUT2D eigenvalue weighted by Gasteiger charge is -2.23. The summed E-state index contributed by atoms with van der Waals surface area (Å²) in [4.78, 5) is 34.2. The van der Waals surface area contributed by atoms with E-state index < -0.39 is 23.8 Å². The van der Waals surface area contributed by atoms with Gasteiger partial charge in [-0.2, -0.15) is 0 Å². The minimum absolute atomic E-state index is 0.0767. The van der Waals surface area contributed by atoms with Crippen LogP contribution in [-0.2, 0) is 23.9 Å². The van der Waals surface area contributed by atoms with Gasteiger partial charge in [-0.25, -0.2) is 9.59 Å². The van der Waals surface area contributed by atoms with Gasteiger partial charge in [0, 0.05) is 11.1 Å². The highest BCUT2D eigenvalue weighted by Crippen LogP contribution is 2.29. The van der Waals surface area contributed by atoms with Gasteiger partial charge >= 0.3 is 17.9 Å². The Morgan fingerprint density at radius 1 is 1.29 bits per heavy atom. The highest BCUT2D eigenvalue weighted by Gasteiger charge is 2.32. The zero-order chi connectivity index (χ0) is 16.0. The molecule has 0 aromatic carbocycles. The Balaban J connectivity index is 2.48. The summed E-state index contributed by atoms with van der Waals surface area (Å²) >= 11 is 0. The van der Waals surface area contributed by atoms with Crippen molar-refractivity contribution in [3.05, 3.63) is 23.8 Å². The third kappa shape index (κ3) is 5.06. The van der Waals surface area contributed by atoms with E-state index in [1.807, 2.05) is 6.92 Å². The smallest absolute Gasteiger partial charge is 0.333 e. The predicted molar refractivity (Wildman–Crippen MR) is 74.3 cm³/mol. The molecule has 21 heavy (non-hydrogen) atoms. The monoisotopic (exact) mass is 296 g/mol. The van der Waals surface area contributed by atoms with Crippen LogP contribution in [0.25, 0.3) is 0 Å². The average Bonchev–Trinajstić information content (AvgIpc) is 2.42. The molecule has 1 aliphatic rings. The Labute approximate surface area is 123 Å². The van der Waals surface area contributed by atoms with Crippen molar-refractivity contribution >= 4 is 17.9 Å². The minimum atomic E-state index is -1.10. The fraction of sp³-hybridized carbons (Fsp3) is 0.533. The second-order valence-corrected chi connectivity index (χ2v) is 5.12. The number of esters is 2. The van der Waals surface area contributed by atoms with E-state index in [1.54, 1.807) is 6.08 Å². The molecular formula is C15H20O6. The first-order valence-corrected chi connectivity index (χ1v) is 6.77. The second-order valence-electron chi connectivity index (χ2n) is 5.12. The predicted octanol–water partition coefficient (Wildman–Crippen LogP) is 1.71. The van der Waals surface area contributed by atoms with Crippen LogP contribution in [0.2, 0.25) is 0 Å². The normalized spacial score (nSPS) is 21.1. The molecule has 0 spiro atoms. The summed E-state index contributed by atoms with van der Waals surface area (Å²) in [5.74, 6) is -2.87. The number of carboxylic acids is 1. The molecule has 0 fully saturated rings. The van der Waals surface area contributed by atoms with Gasteiger partial charge in [-0.1, -0.05) is 19.6 Å². The van der Waals surface area contributed by atoms with E-state index in [1.165, 1.54) is 6.92 Å². The van der Waals surface area contributed by atoms with Crippen LogP contribution < -0.4 is 0 Å². The van der Waals surface area contributed by atoms with Crippen LogP contribution in [0.15, 0.2) is 23.8 Å². The molecule has 0 aromatic rings. The number of aliphatic carboxylic acids is 1. The highest BCUT2D eigenvalue weighted by atomic mass is 16.6. The van der Waals surface area contributed by atoms with Crippen LogP contribution in [0.3, 0.4) is 0 Å². The fourth-order valence-electron chi connectivity index (χ4n) is 2.06. The molecule has 1 aliphatic carbocycles. The Bertz CT molecular complexity index is 477. The summed E-state index contributed by atoms with van der Waals surface area (Å²) in [5.41, 5.74) is 0.344. The molecule has 2 atom stereocenters. The van der Waals surface area contributed by atoms with Crippen molar-refractivity contribution < 1.29 is 29.0 Å². The standard InChI is InChI=1S/C15H20O6/c1-9(2)14(18)20-6-7-21-15(19)11-5-4-10(3)8-12(11)13(16)17/h8,10-11H,1,4-7H2,2-3H3,(H,16,17). The number of allylic oxidation sites excluding steroid dienone is 1. The summed E-state index contributed by atoms with van der Waals surface area (Å²) in [5, 5.41) is 9.13. The number of carboxylic acid groups (broad SMARTS) is 1. The van der Waals surface area contributed by atoms with E-state index in [0.717, 1.165) is 6.42 Å². The van der Waals surface area contributed by atoms with Crippen LogP contribution in [0.5, 0.6) is 0 Å². The number of hydrogen-bond donors (Lipinski definition) is 1. The van der Waals surface area contributed by atoms with Crippen molar-refractivity contribution in [1.82, 2.24) is 0 Å². The van der Waals surface area contributed by atoms with Crippen LogP contribution >= 0.6 is 0 Å². The zero-order valence-electron chi connectivity index (χ0n) is 12.3. The Morgan fingerprint density at radius 2 is 1.90 bits per heavy atom. The van der Waals surface area contributed by atoms with Crippen LogP contribution in [-0.4, -0.2) is 36.2 Å². The topological polar surface area (TPSA) is 89.9 Å². The summed E-state index contributed by atoms with van der Waals surface area (Å²) in [6.07, 6.45) is 2.78. The highest BCUT2D eigenvalue weighted by molar-refractivity contribution is 5.94. The number of carbonyl (C=O) groups excluding carboxylic acids is 2. The molecule has 0 saturated heterocycles. The van der Waals surface area contributed by atoms with Crippen LogP contribution in [0.1, 0.15) is 26.7 Å². The molecule has 6 nitrogen and oxygen atoms in total. The lowest BCUT2D eigenvalue weighted by Crippen LogP contribution is -2.28. The fourth-order valence-corrected chi connectivity index (χ4v) is 2.06. The lowest BCUT2D eigenvalue weighted by atomic mass is 9.83. The molecule has 0 radical (unpaired) electrons. The van der Waals surface area contributed by atoms with Crippen molar-refractivity contribution in [3.63, 3.8) is 0 Å². The van der Waals surface area contributed by atoms with Gasteiger partial charge in [-0.15, -0.1) is 0 Å². The van der Waals surface area contributed by atoms with Gasteiger partial charge in [0.1, 0.15) is 13.2 Å². The maximum absolute atomic E-state index is 11.9. The third-order valence-electron chi connectivity index (χ3n) is 3.19. The quantitative estimate of drug-likeness (QED) is 0.456. The van der Waals surface area contributed by atoms with Gasteiger partial charge in [0.05, 0.1) is 5.92 Å². The largest absolute Gasteiger partial charge is 0.478 e. The molecule has 0 heterocycles. The Morgan fingerprint density at radius 3 is 2.48 bits per heavy atom. The van der Waals surface area contributed by atoms with Gasteiger partial charge in [0.2, 0.25) is 0 Å². The number of hydrogen-bond acceptors (Lipinski definition) is 5. The van der Waals surface area contributed by atoms with Gasteiger partial charge in [-0.3, -0.25) is 4.79 Å². The van der Waals surface area contributed by atoms with E-state index in [9.17, 15) is 14.4 Å². The van der Waals surface area contributed by atoms with Gasteiger partial charge < -0.3 is 14.6 Å². The van der Waals surface area contributed by atoms with Crippen LogP contribution in [0.4, 0.5) is 0 Å². The first-order valence-electron chi connectivity index (χ1n) is 6.77. The molecule has 1 rings (SSSR count). The number of rotatable bonds is 6. The Hall–Kier alpha value is -2.11. The number of carbonyl (C=O) groups is 3. The summed E-state index contributed by atoms with van der Waals surface area (Å²) in [6.45, 7) is 6.67. The van der Waals surface area contributed by atoms with E-state index in [4.69, 9.17) is 14.6 Å². The molecule has 0 saturated carbocycles. The first-order chi connectivity index (χ1) is 9.82. The third-order valence-corrected chi connectivity index (χ3v) is 3.19. The first kappa shape index (κ1) is 16.9. The minimum Gasteiger partial charge on any atom is -0.478 e. The lowest BCUT2D eigenvalue weighted by molar-refractivity contribution is -0.154. The molecule has 116 valence electrons. The molecule has 0 aromatic heterocycles. The molecule has 2 unspecified atom stereocenters. The van der Waals surface area contributed by atoms with Crippen molar-refractivity contribution in [3.8, 4) is 0 Å². The maximum atomic E-state index is 11.9. The van der Waals surface area contributed by atoms with Gasteiger partial charge in [0.25, 0.3) is 0 Å². The van der Waals surface area contributed by atoms with Crippen molar-refractivity contribution in [2.45, 2.75) is 26.7 Å². The molecule has 0 aliphatic heterocycles. The molecular weight excluding hydrogens is 276 g/mol. The van der Waals surface area contributed by atoms with E-state index in [2.05, 4.69) is 6.58 Å². The molecule has 1 N–H and O–H groups in total. The maximum Gasteiger partial charge on any atom is 0.333 e. The molecule has 0 amide bonds. The van der Waals surface area contributed by atoms with Gasteiger partial charge in [0.15, 0.2) is 0 Å².